The maximum Gasteiger partial charge on any atom is 0.0973 e. The second kappa shape index (κ2) is 4.89. The summed E-state index contributed by atoms with van der Waals surface area (Å²) in [5, 5.41) is 20.9. The Bertz CT molecular complexity index is 428. The molecule has 4 bridgehead atoms. The average molecular weight is 255 g/mol. The van der Waals surface area contributed by atoms with Crippen molar-refractivity contribution in [1.82, 2.24) is 5.32 Å². The summed E-state index contributed by atoms with van der Waals surface area (Å²) < 4.78 is 0. The van der Waals surface area contributed by atoms with Crippen molar-refractivity contribution in [3.05, 3.63) is 11.8 Å². The molecule has 0 atom stereocenters. The second-order valence-corrected chi connectivity index (χ2v) is 6.91. The molecule has 3 heteroatoms. The minimum Gasteiger partial charge on any atom is -0.390 e. The Kier molecular flexibility index (Phi) is 3.23. The quantitative estimate of drug-likeness (QED) is 0.785. The summed E-state index contributed by atoms with van der Waals surface area (Å²) in [5.41, 5.74) is 1.03. The van der Waals surface area contributed by atoms with Crippen LogP contribution in [-0.4, -0.2) is 6.54 Å². The van der Waals surface area contributed by atoms with Gasteiger partial charge in [0.15, 0.2) is 0 Å². The summed E-state index contributed by atoms with van der Waals surface area (Å²) in [6, 6.07) is 4.12. The van der Waals surface area contributed by atoms with E-state index in [0.717, 1.165) is 24.3 Å². The topological polar surface area (TPSA) is 59.6 Å². The van der Waals surface area contributed by atoms with Gasteiger partial charge in [0.05, 0.1) is 24.1 Å². The van der Waals surface area contributed by atoms with Crippen LogP contribution in [0.2, 0.25) is 0 Å². The van der Waals surface area contributed by atoms with Crippen LogP contribution in [0, 0.1) is 45.8 Å². The summed E-state index contributed by atoms with van der Waals surface area (Å²) in [6.45, 7) is 0.993. The summed E-state index contributed by atoms with van der Waals surface area (Å²) in [5.74, 6) is 2.89. The molecule has 4 rings (SSSR count). The molecule has 0 spiro atoms. The van der Waals surface area contributed by atoms with Crippen LogP contribution >= 0.6 is 0 Å². The van der Waals surface area contributed by atoms with Crippen molar-refractivity contribution < 1.29 is 0 Å². The van der Waals surface area contributed by atoms with Gasteiger partial charge in [0, 0.05) is 12.7 Å². The molecule has 0 aromatic heterocycles. The molecule has 4 saturated carbocycles. The molecule has 0 heterocycles. The summed E-state index contributed by atoms with van der Waals surface area (Å²) in [4.78, 5) is 0. The van der Waals surface area contributed by atoms with Gasteiger partial charge in [-0.1, -0.05) is 0 Å². The number of hydrogen-bond donors (Lipinski definition) is 1. The van der Waals surface area contributed by atoms with Crippen molar-refractivity contribution in [2.75, 3.05) is 6.54 Å². The van der Waals surface area contributed by atoms with Gasteiger partial charge in [0.2, 0.25) is 0 Å². The highest BCUT2D eigenvalue weighted by Gasteiger charge is 2.50. The van der Waals surface area contributed by atoms with Crippen LogP contribution in [0.25, 0.3) is 0 Å². The van der Waals surface area contributed by atoms with E-state index in [4.69, 9.17) is 10.5 Å². The van der Waals surface area contributed by atoms with E-state index in [9.17, 15) is 0 Å². The van der Waals surface area contributed by atoms with E-state index in [1.165, 1.54) is 38.5 Å². The molecular formula is C16H21N3. The molecule has 0 amide bonds. The van der Waals surface area contributed by atoms with E-state index in [-0.39, 0.29) is 6.42 Å². The number of rotatable bonds is 4. The molecule has 1 N–H and O–H groups in total. The molecule has 3 nitrogen and oxygen atoms in total. The minimum atomic E-state index is 0.213. The molecule has 0 aromatic carbocycles. The molecule has 100 valence electrons. The van der Waals surface area contributed by atoms with Crippen molar-refractivity contribution >= 4 is 0 Å². The lowest BCUT2D eigenvalue weighted by molar-refractivity contribution is -0.0497. The van der Waals surface area contributed by atoms with Crippen LogP contribution < -0.4 is 5.32 Å². The van der Waals surface area contributed by atoms with E-state index in [1.807, 2.05) is 6.07 Å². The maximum absolute atomic E-state index is 8.91. The molecule has 4 aliphatic rings. The number of nitrogens with zero attached hydrogens (tertiary/aromatic N) is 2. The molecule has 0 radical (unpaired) electrons. The first-order chi connectivity index (χ1) is 9.23. The van der Waals surface area contributed by atoms with Crippen LogP contribution in [0.5, 0.6) is 0 Å². The van der Waals surface area contributed by atoms with Gasteiger partial charge in [0.25, 0.3) is 0 Å². The standard InChI is InChI=1S/C16H21N3/c17-2-1-12(9-18)10-19-11-16-6-13-3-14(7-16)5-15(4-13)8-16/h10,13-15,19H,1,3-8,11H2/b12-10-. The normalized spacial score (nSPS) is 39.7. The van der Waals surface area contributed by atoms with Crippen LogP contribution in [0.1, 0.15) is 44.9 Å². The van der Waals surface area contributed by atoms with Gasteiger partial charge in [-0.25, -0.2) is 0 Å². The molecule has 19 heavy (non-hydrogen) atoms. The average Bonchev–Trinajstić information content (AvgIpc) is 2.36. The van der Waals surface area contributed by atoms with E-state index < -0.39 is 0 Å². The number of nitriles is 2. The fourth-order valence-electron chi connectivity index (χ4n) is 5.11. The van der Waals surface area contributed by atoms with Crippen molar-refractivity contribution in [2.45, 2.75) is 44.9 Å². The molecule has 0 aliphatic heterocycles. The molecule has 4 fully saturated rings. The molecule has 0 saturated heterocycles. The lowest BCUT2D eigenvalue weighted by Crippen LogP contribution is -2.49. The highest BCUT2D eigenvalue weighted by Crippen LogP contribution is 2.59. The number of nitrogens with one attached hydrogen (secondary N) is 1. The summed E-state index contributed by atoms with van der Waals surface area (Å²) in [6.07, 6.45) is 10.5. The van der Waals surface area contributed by atoms with Crippen molar-refractivity contribution in [3.8, 4) is 12.1 Å². The van der Waals surface area contributed by atoms with Crippen molar-refractivity contribution in [3.63, 3.8) is 0 Å². The largest absolute Gasteiger partial charge is 0.390 e. The first-order valence-corrected chi connectivity index (χ1v) is 7.42. The zero-order chi connectivity index (χ0) is 13.3. The Morgan fingerprint density at radius 3 is 2.16 bits per heavy atom. The Hall–Kier alpha value is -1.48. The maximum atomic E-state index is 8.91. The van der Waals surface area contributed by atoms with Gasteiger partial charge in [-0.3, -0.25) is 0 Å². The predicted octanol–water partition coefficient (Wildman–Crippen LogP) is 3.11. The molecule has 0 unspecified atom stereocenters. The van der Waals surface area contributed by atoms with Crippen LogP contribution in [0.3, 0.4) is 0 Å². The van der Waals surface area contributed by atoms with Crippen LogP contribution in [0.15, 0.2) is 11.8 Å². The minimum absolute atomic E-state index is 0.213. The van der Waals surface area contributed by atoms with E-state index in [2.05, 4.69) is 11.4 Å². The fraction of sp³-hybridized carbons (Fsp3) is 0.750. The third-order valence-electron chi connectivity index (χ3n) is 5.33. The highest BCUT2D eigenvalue weighted by molar-refractivity contribution is 5.23. The fourth-order valence-corrected chi connectivity index (χ4v) is 5.11. The smallest absolute Gasteiger partial charge is 0.0973 e. The number of hydrogen-bond acceptors (Lipinski definition) is 3. The first kappa shape index (κ1) is 12.5. The van der Waals surface area contributed by atoms with Crippen molar-refractivity contribution in [1.29, 1.82) is 10.5 Å². The van der Waals surface area contributed by atoms with Gasteiger partial charge >= 0.3 is 0 Å². The van der Waals surface area contributed by atoms with Crippen LogP contribution in [0.4, 0.5) is 0 Å². The Balaban J connectivity index is 1.61. The monoisotopic (exact) mass is 255 g/mol. The van der Waals surface area contributed by atoms with Gasteiger partial charge < -0.3 is 5.32 Å². The predicted molar refractivity (Wildman–Crippen MR) is 72.5 cm³/mol. The Labute approximate surface area is 115 Å². The Morgan fingerprint density at radius 1 is 1.11 bits per heavy atom. The van der Waals surface area contributed by atoms with Crippen molar-refractivity contribution in [2.24, 2.45) is 23.2 Å². The lowest BCUT2D eigenvalue weighted by Gasteiger charge is -2.56. The van der Waals surface area contributed by atoms with Crippen LogP contribution in [-0.2, 0) is 0 Å². The third kappa shape index (κ3) is 2.47. The van der Waals surface area contributed by atoms with E-state index in [0.29, 0.717) is 11.0 Å². The third-order valence-corrected chi connectivity index (χ3v) is 5.33. The van der Waals surface area contributed by atoms with Gasteiger partial charge in [-0.05, 0) is 61.7 Å². The SMILES string of the molecule is N#CC/C(C#N)=C/NCC12CC3CC(CC(C3)C1)C2. The Morgan fingerprint density at radius 2 is 1.68 bits per heavy atom. The van der Waals surface area contributed by atoms with E-state index >= 15 is 0 Å². The summed E-state index contributed by atoms with van der Waals surface area (Å²) in [7, 11) is 0. The molecular weight excluding hydrogens is 234 g/mol. The summed E-state index contributed by atoms with van der Waals surface area (Å²) >= 11 is 0. The first-order valence-electron chi connectivity index (χ1n) is 7.42. The lowest BCUT2D eigenvalue weighted by atomic mass is 9.49. The number of allylic oxidation sites excluding steroid dienone is 1. The van der Waals surface area contributed by atoms with Gasteiger partial charge in [-0.15, -0.1) is 0 Å². The highest BCUT2D eigenvalue weighted by atomic mass is 14.9. The van der Waals surface area contributed by atoms with Gasteiger partial charge in [0.1, 0.15) is 0 Å². The molecule has 4 aliphatic carbocycles. The van der Waals surface area contributed by atoms with Gasteiger partial charge in [-0.2, -0.15) is 10.5 Å². The second-order valence-electron chi connectivity index (χ2n) is 6.91. The zero-order valence-corrected chi connectivity index (χ0v) is 11.4. The molecule has 0 aromatic rings. The zero-order valence-electron chi connectivity index (χ0n) is 11.4. The van der Waals surface area contributed by atoms with E-state index in [1.54, 1.807) is 6.20 Å².